The van der Waals surface area contributed by atoms with Gasteiger partial charge in [0.05, 0.1) is 16.1 Å². The molecule has 1 amide bonds. The van der Waals surface area contributed by atoms with Gasteiger partial charge in [-0.2, -0.15) is 9.97 Å². The first kappa shape index (κ1) is 25.9. The lowest BCUT2D eigenvalue weighted by molar-refractivity contribution is -0.118. The largest absolute Gasteiger partial charge is 0.462 e. The minimum absolute atomic E-state index is 0.0909. The van der Waals surface area contributed by atoms with Crippen molar-refractivity contribution in [3.63, 3.8) is 0 Å². The Hall–Kier alpha value is -3.37. The number of nitrogens with zero attached hydrogens (tertiary/aromatic N) is 4. The first-order valence-electron chi connectivity index (χ1n) is 13.1. The number of benzene rings is 1. The van der Waals surface area contributed by atoms with E-state index < -0.39 is 17.9 Å². The summed E-state index contributed by atoms with van der Waals surface area (Å²) in [7, 11) is 1.86. The van der Waals surface area contributed by atoms with Crippen molar-refractivity contribution in [2.45, 2.75) is 37.4 Å². The van der Waals surface area contributed by atoms with Crippen molar-refractivity contribution in [1.29, 1.82) is 0 Å². The second-order valence-electron chi connectivity index (χ2n) is 10.6. The van der Waals surface area contributed by atoms with Crippen molar-refractivity contribution in [2.75, 3.05) is 38.6 Å². The summed E-state index contributed by atoms with van der Waals surface area (Å²) in [5, 5.41) is 6.62. The van der Waals surface area contributed by atoms with Crippen LogP contribution >= 0.6 is 11.6 Å². The Labute approximate surface area is 229 Å². The summed E-state index contributed by atoms with van der Waals surface area (Å²) in [6.07, 6.45) is 1.78. The van der Waals surface area contributed by atoms with E-state index in [9.17, 15) is 13.6 Å². The van der Waals surface area contributed by atoms with E-state index in [0.717, 1.165) is 12.0 Å². The smallest absolute Gasteiger partial charge is 0.320 e. The quantitative estimate of drug-likeness (QED) is 0.298. The molecule has 39 heavy (non-hydrogen) atoms. The van der Waals surface area contributed by atoms with E-state index in [-0.39, 0.29) is 31.7 Å². The van der Waals surface area contributed by atoms with E-state index >= 15 is 0 Å². The molecule has 1 saturated heterocycles. The van der Waals surface area contributed by atoms with Gasteiger partial charge in [0.2, 0.25) is 0 Å². The number of likely N-dealkylation sites (tertiary alicyclic amines) is 1. The van der Waals surface area contributed by atoms with Crippen LogP contribution in [0.2, 0.25) is 5.02 Å². The summed E-state index contributed by atoms with van der Waals surface area (Å²) < 4.78 is 32.8. The molecular formula is C28H29ClF2N6O2. The summed E-state index contributed by atoms with van der Waals surface area (Å²) in [5.74, 6) is -0.245. The number of fused-ring (bicyclic) bond motifs is 4. The number of likely N-dealkylation sites (N-methyl/N-ethyl adjacent to an activating group) is 1. The molecule has 204 valence electrons. The molecule has 1 aliphatic heterocycles. The van der Waals surface area contributed by atoms with Gasteiger partial charge in [-0.15, -0.1) is 0 Å². The van der Waals surface area contributed by atoms with Crippen molar-refractivity contribution in [1.82, 2.24) is 25.2 Å². The number of nitrogens with one attached hydrogen (secondary N) is 2. The van der Waals surface area contributed by atoms with Crippen LogP contribution in [0.1, 0.15) is 29.9 Å². The molecule has 2 fully saturated rings. The van der Waals surface area contributed by atoms with Crippen LogP contribution in [0.15, 0.2) is 36.7 Å². The Balaban J connectivity index is 1.32. The van der Waals surface area contributed by atoms with Crippen LogP contribution in [-0.2, 0) is 11.2 Å². The Kier molecular flexibility index (Phi) is 6.84. The monoisotopic (exact) mass is 554 g/mol. The molecule has 2 aliphatic carbocycles. The summed E-state index contributed by atoms with van der Waals surface area (Å²) in [6.45, 7) is 3.96. The van der Waals surface area contributed by atoms with Gasteiger partial charge in [0.25, 0.3) is 5.91 Å². The van der Waals surface area contributed by atoms with Gasteiger partial charge >= 0.3 is 6.01 Å². The van der Waals surface area contributed by atoms with Crippen molar-refractivity contribution in [3.8, 4) is 17.3 Å². The van der Waals surface area contributed by atoms with E-state index in [1.807, 2.05) is 18.0 Å². The number of ether oxygens (including phenoxy) is 1. The molecule has 2 unspecified atom stereocenters. The maximum atomic E-state index is 13.9. The molecule has 6 rings (SSSR count). The third kappa shape index (κ3) is 5.15. The number of hydrogen-bond acceptors (Lipinski definition) is 7. The summed E-state index contributed by atoms with van der Waals surface area (Å²) in [6, 6.07) is 8.07. The molecule has 8 nitrogen and oxygen atoms in total. The topological polar surface area (TPSA) is 92.3 Å². The van der Waals surface area contributed by atoms with Gasteiger partial charge in [0.15, 0.2) is 11.5 Å². The molecule has 0 bridgehead atoms. The number of halogens is 3. The number of anilines is 1. The molecule has 2 N–H and O–H groups in total. The third-order valence-corrected chi connectivity index (χ3v) is 8.13. The van der Waals surface area contributed by atoms with Crippen molar-refractivity contribution >= 4 is 34.4 Å². The van der Waals surface area contributed by atoms with Gasteiger partial charge < -0.3 is 15.4 Å². The predicted octanol–water partition coefficient (Wildman–Crippen LogP) is 4.44. The molecule has 3 aliphatic rings. The molecule has 2 aromatic heterocycles. The van der Waals surface area contributed by atoms with E-state index in [4.69, 9.17) is 21.3 Å². The third-order valence-electron chi connectivity index (χ3n) is 7.84. The zero-order chi connectivity index (χ0) is 27.3. The molecular weight excluding hydrogens is 526 g/mol. The van der Waals surface area contributed by atoms with Gasteiger partial charge in [0.1, 0.15) is 18.6 Å². The van der Waals surface area contributed by atoms with Crippen molar-refractivity contribution < 1.29 is 18.3 Å². The van der Waals surface area contributed by atoms with Crippen molar-refractivity contribution in [2.24, 2.45) is 5.92 Å². The van der Waals surface area contributed by atoms with Crippen LogP contribution < -0.4 is 15.4 Å². The zero-order valence-corrected chi connectivity index (χ0v) is 22.3. The summed E-state index contributed by atoms with van der Waals surface area (Å²) in [5.41, 5.74) is 4.76. The van der Waals surface area contributed by atoms with Gasteiger partial charge in [-0.25, -0.2) is 13.8 Å². The normalized spacial score (nSPS) is 23.4. The number of alkyl halides is 1. The average Bonchev–Trinajstić information content (AvgIpc) is 3.45. The lowest BCUT2D eigenvalue weighted by Gasteiger charge is -2.19. The predicted molar refractivity (Wildman–Crippen MR) is 146 cm³/mol. The minimum Gasteiger partial charge on any atom is -0.462 e. The molecule has 0 radical (unpaired) electrons. The summed E-state index contributed by atoms with van der Waals surface area (Å²) >= 11 is 6.80. The van der Waals surface area contributed by atoms with Crippen LogP contribution in [0.25, 0.3) is 22.3 Å². The molecule has 1 aromatic carbocycles. The van der Waals surface area contributed by atoms with E-state index in [2.05, 4.69) is 39.3 Å². The molecule has 3 aromatic rings. The van der Waals surface area contributed by atoms with Crippen LogP contribution in [0.4, 0.5) is 14.6 Å². The maximum absolute atomic E-state index is 13.9. The zero-order valence-electron chi connectivity index (χ0n) is 21.5. The van der Waals surface area contributed by atoms with Crippen LogP contribution in [-0.4, -0.2) is 71.3 Å². The van der Waals surface area contributed by atoms with Gasteiger partial charge in [0, 0.05) is 31.2 Å². The van der Waals surface area contributed by atoms with Crippen LogP contribution in [0.5, 0.6) is 6.01 Å². The first-order chi connectivity index (χ1) is 18.8. The fourth-order valence-corrected chi connectivity index (χ4v) is 6.03. The fourth-order valence-electron chi connectivity index (χ4n) is 5.77. The molecule has 0 spiro atoms. The highest BCUT2D eigenvalue weighted by Gasteiger charge is 2.46. The van der Waals surface area contributed by atoms with Gasteiger partial charge in [-0.05, 0) is 55.3 Å². The Morgan fingerprint density at radius 1 is 1.26 bits per heavy atom. The minimum atomic E-state index is -1.06. The highest BCUT2D eigenvalue weighted by Crippen LogP contribution is 2.58. The Morgan fingerprint density at radius 2 is 2.10 bits per heavy atom. The number of carbonyl (C=O) groups excluding carboxylic acids is 1. The Morgan fingerprint density at radius 3 is 2.87 bits per heavy atom. The van der Waals surface area contributed by atoms with Crippen LogP contribution in [0, 0.1) is 5.92 Å². The fraction of sp³-hybridized carbons (Fsp3) is 0.429. The van der Waals surface area contributed by atoms with Crippen LogP contribution in [0.3, 0.4) is 0 Å². The Bertz CT molecular complexity index is 1470. The average molecular weight is 555 g/mol. The molecule has 11 heteroatoms. The number of rotatable bonds is 9. The van der Waals surface area contributed by atoms with E-state index in [1.54, 1.807) is 6.07 Å². The molecule has 1 saturated carbocycles. The second kappa shape index (κ2) is 10.3. The SMILES string of the molecule is C=C(F)C(=O)NCCNc1nc(OC[C@@H]2C[C@@H](F)CN2C)nc2nc(-c3cccc4c3C3CC3C4)c(Cl)cc12. The number of pyridine rings is 1. The van der Waals surface area contributed by atoms with Gasteiger partial charge in [-0.3, -0.25) is 9.69 Å². The standard InChI is InChI=1S/C28H29ClF2N6O2/c1-14(30)27(38)33-7-6-32-25-21-11-22(29)24(19-5-3-4-15-8-16-9-20(16)23(15)19)34-26(21)36-28(35-25)39-13-18-10-17(31)12-37(18)2/h3-5,11,16-18,20H,1,6-10,12-13H2,2H3,(H,33,38)(H,32,34,35,36)/t16?,17-,18+,20?/m1/s1. The van der Waals surface area contributed by atoms with E-state index in [0.29, 0.717) is 52.4 Å². The van der Waals surface area contributed by atoms with E-state index in [1.165, 1.54) is 17.5 Å². The number of hydrogen-bond donors (Lipinski definition) is 2. The number of carbonyl (C=O) groups is 1. The summed E-state index contributed by atoms with van der Waals surface area (Å²) in [4.78, 5) is 27.4. The number of amides is 1. The maximum Gasteiger partial charge on any atom is 0.320 e. The van der Waals surface area contributed by atoms with Crippen molar-refractivity contribution in [3.05, 3.63) is 52.8 Å². The highest BCUT2D eigenvalue weighted by molar-refractivity contribution is 6.34. The van der Waals surface area contributed by atoms with Gasteiger partial charge in [-0.1, -0.05) is 36.4 Å². The molecule has 4 atom stereocenters. The highest BCUT2D eigenvalue weighted by atomic mass is 35.5. The lowest BCUT2D eigenvalue weighted by Crippen LogP contribution is -2.31. The first-order valence-corrected chi connectivity index (χ1v) is 13.5. The number of aromatic nitrogens is 3. The molecule has 3 heterocycles. The lowest BCUT2D eigenvalue weighted by atomic mass is 9.97. The second-order valence-corrected chi connectivity index (χ2v) is 11.0.